The zero-order valence-corrected chi connectivity index (χ0v) is 7.78. The van der Waals surface area contributed by atoms with Gasteiger partial charge < -0.3 is 4.18 Å². The topological polar surface area (TPSA) is 60.4 Å². The first-order valence-electron chi connectivity index (χ1n) is 3.53. The van der Waals surface area contributed by atoms with E-state index < -0.39 is 11.0 Å². The van der Waals surface area contributed by atoms with Gasteiger partial charge in [-0.15, -0.1) is 0 Å². The molecule has 0 fully saturated rings. The minimum absolute atomic E-state index is 0.0712. The van der Waals surface area contributed by atoms with Gasteiger partial charge in [0.1, 0.15) is 5.75 Å². The molecule has 0 N–H and O–H groups in total. The third-order valence-electron chi connectivity index (χ3n) is 1.44. The Kier molecular flexibility index (Phi) is 3.02. The fourth-order valence-electron chi connectivity index (χ4n) is 0.837. The molecular weight excluding hydrogens is 192 g/mol. The summed E-state index contributed by atoms with van der Waals surface area (Å²) in [7, 11) is -2.89. The maximum atomic E-state index is 10.8. The van der Waals surface area contributed by atoms with E-state index in [1.165, 1.54) is 31.2 Å². The van der Waals surface area contributed by atoms with Crippen LogP contribution in [0.15, 0.2) is 24.3 Å². The highest BCUT2D eigenvalue weighted by molar-refractivity contribution is 7.67. The summed E-state index contributed by atoms with van der Waals surface area (Å²) in [4.78, 5) is 10.8. The van der Waals surface area contributed by atoms with Crippen molar-refractivity contribution in [2.45, 2.75) is 6.92 Å². The Morgan fingerprint density at radius 3 is 2.15 bits per heavy atom. The molecule has 1 rings (SSSR count). The summed E-state index contributed by atoms with van der Waals surface area (Å²) in [5.74, 6) is 0.138. The maximum Gasteiger partial charge on any atom is 0.299 e. The zero-order chi connectivity index (χ0) is 9.84. The lowest BCUT2D eigenvalue weighted by atomic mass is 10.1. The van der Waals surface area contributed by atoms with Crippen LogP contribution >= 0.6 is 0 Å². The minimum atomic E-state index is -2.89. The maximum absolute atomic E-state index is 10.8. The van der Waals surface area contributed by atoms with Crippen molar-refractivity contribution in [3.05, 3.63) is 29.8 Å². The average molecular weight is 200 g/mol. The standard InChI is InChI=1S/C8H8O4S/c1-6(9)7-2-4-8(5-3-7)12-13(10)11/h2-5,13H,1H3. The number of carbonyl (C=O) groups is 1. The lowest BCUT2D eigenvalue weighted by Gasteiger charge is -1.98. The average Bonchev–Trinajstić information content (AvgIpc) is 2.04. The van der Waals surface area contributed by atoms with Gasteiger partial charge in [0, 0.05) is 5.56 Å². The molecule has 0 aliphatic heterocycles. The van der Waals surface area contributed by atoms with E-state index in [2.05, 4.69) is 4.18 Å². The zero-order valence-electron chi connectivity index (χ0n) is 6.89. The van der Waals surface area contributed by atoms with E-state index in [0.717, 1.165) is 0 Å². The highest BCUT2D eigenvalue weighted by Gasteiger charge is 1.99. The van der Waals surface area contributed by atoms with Gasteiger partial charge in [-0.2, -0.15) is 8.42 Å². The largest absolute Gasteiger partial charge is 0.384 e. The summed E-state index contributed by atoms with van der Waals surface area (Å²) in [6.45, 7) is 1.43. The molecule has 13 heavy (non-hydrogen) atoms. The quantitative estimate of drug-likeness (QED) is 0.579. The van der Waals surface area contributed by atoms with E-state index in [1.807, 2.05) is 0 Å². The van der Waals surface area contributed by atoms with E-state index in [-0.39, 0.29) is 11.5 Å². The van der Waals surface area contributed by atoms with Crippen molar-refractivity contribution >= 4 is 16.8 Å². The van der Waals surface area contributed by atoms with Gasteiger partial charge in [-0.05, 0) is 31.2 Å². The minimum Gasteiger partial charge on any atom is -0.384 e. The first-order valence-corrected chi connectivity index (χ1v) is 4.62. The number of hydrogen-bond acceptors (Lipinski definition) is 4. The van der Waals surface area contributed by atoms with E-state index in [1.54, 1.807) is 0 Å². The highest BCUT2D eigenvalue weighted by Crippen LogP contribution is 2.12. The van der Waals surface area contributed by atoms with Crippen LogP contribution in [-0.2, 0) is 11.0 Å². The molecule has 0 saturated carbocycles. The number of rotatable bonds is 3. The van der Waals surface area contributed by atoms with Gasteiger partial charge in [0.2, 0.25) is 0 Å². The number of benzene rings is 1. The monoisotopic (exact) mass is 200 g/mol. The number of Topliss-reactive ketones (excluding diaryl/α,β-unsaturated/α-hetero) is 1. The van der Waals surface area contributed by atoms with Gasteiger partial charge in [-0.1, -0.05) is 0 Å². The first-order chi connectivity index (χ1) is 6.09. The van der Waals surface area contributed by atoms with Crippen molar-refractivity contribution in [1.29, 1.82) is 0 Å². The van der Waals surface area contributed by atoms with Crippen molar-refractivity contribution in [3.8, 4) is 5.75 Å². The molecule has 0 radical (unpaired) electrons. The molecule has 0 saturated heterocycles. The van der Waals surface area contributed by atoms with Gasteiger partial charge >= 0.3 is 0 Å². The van der Waals surface area contributed by atoms with Crippen LogP contribution in [0.1, 0.15) is 17.3 Å². The van der Waals surface area contributed by atoms with Crippen LogP contribution < -0.4 is 4.18 Å². The summed E-state index contributed by atoms with van der Waals surface area (Å²) in [5.41, 5.74) is 0.522. The van der Waals surface area contributed by atoms with Crippen LogP contribution in [0, 0.1) is 0 Å². The second-order valence-electron chi connectivity index (χ2n) is 2.40. The molecule has 1 aromatic rings. The number of ketones is 1. The second kappa shape index (κ2) is 4.04. The molecule has 0 heterocycles. The third kappa shape index (κ3) is 2.87. The molecule has 0 unspecified atom stereocenters. The van der Waals surface area contributed by atoms with Crippen molar-refractivity contribution in [3.63, 3.8) is 0 Å². The predicted octanol–water partition coefficient (Wildman–Crippen LogP) is 0.794. The van der Waals surface area contributed by atoms with Gasteiger partial charge in [0.15, 0.2) is 5.78 Å². The highest BCUT2D eigenvalue weighted by atomic mass is 32.2. The number of carbonyl (C=O) groups excluding carboxylic acids is 1. The normalized spacial score (nSPS) is 10.0. The molecule has 5 heteroatoms. The van der Waals surface area contributed by atoms with Crippen LogP contribution in [0.5, 0.6) is 5.75 Å². The lowest BCUT2D eigenvalue weighted by molar-refractivity contribution is 0.101. The van der Waals surface area contributed by atoms with Gasteiger partial charge in [-0.3, -0.25) is 4.79 Å². The van der Waals surface area contributed by atoms with Gasteiger partial charge in [0.25, 0.3) is 11.0 Å². The van der Waals surface area contributed by atoms with Crippen LogP contribution in [0.3, 0.4) is 0 Å². The molecule has 0 amide bonds. The number of thiol groups is 1. The Balaban J connectivity index is 2.87. The Labute approximate surface area is 77.3 Å². The Bertz CT molecular complexity index is 370. The summed E-state index contributed by atoms with van der Waals surface area (Å²) in [6.07, 6.45) is 0. The summed E-state index contributed by atoms with van der Waals surface area (Å²) in [6, 6.07) is 5.89. The fourth-order valence-corrected chi connectivity index (χ4v) is 1.13. The molecule has 0 aliphatic carbocycles. The fraction of sp³-hybridized carbons (Fsp3) is 0.125. The molecule has 70 valence electrons. The molecule has 0 aromatic heterocycles. The molecule has 0 aliphatic rings. The Morgan fingerprint density at radius 1 is 1.23 bits per heavy atom. The molecule has 1 aromatic carbocycles. The van der Waals surface area contributed by atoms with Gasteiger partial charge in [-0.25, -0.2) is 0 Å². The summed E-state index contributed by atoms with van der Waals surface area (Å²) >= 11 is 0. The smallest absolute Gasteiger partial charge is 0.299 e. The molecule has 0 bridgehead atoms. The Hall–Kier alpha value is -1.36. The van der Waals surface area contributed by atoms with E-state index in [9.17, 15) is 13.2 Å². The predicted molar refractivity (Wildman–Crippen MR) is 47.4 cm³/mol. The Morgan fingerprint density at radius 2 is 1.77 bits per heavy atom. The molecule has 0 spiro atoms. The number of hydrogen-bond donors (Lipinski definition) is 1. The first kappa shape index (κ1) is 9.73. The van der Waals surface area contributed by atoms with E-state index in [0.29, 0.717) is 5.56 Å². The molecule has 0 atom stereocenters. The SMILES string of the molecule is CC(=O)c1ccc(O[SH](=O)=O)cc1. The third-order valence-corrected chi connectivity index (χ3v) is 1.80. The van der Waals surface area contributed by atoms with Crippen LogP contribution in [-0.4, -0.2) is 14.2 Å². The second-order valence-corrected chi connectivity index (χ2v) is 3.03. The van der Waals surface area contributed by atoms with Crippen molar-refractivity contribution < 1.29 is 17.4 Å². The van der Waals surface area contributed by atoms with Crippen molar-refractivity contribution in [1.82, 2.24) is 0 Å². The summed E-state index contributed by atoms with van der Waals surface area (Å²) in [5, 5.41) is 0. The summed E-state index contributed by atoms with van der Waals surface area (Å²) < 4.78 is 24.7. The van der Waals surface area contributed by atoms with Crippen LogP contribution in [0.25, 0.3) is 0 Å². The van der Waals surface area contributed by atoms with E-state index in [4.69, 9.17) is 0 Å². The lowest BCUT2D eigenvalue weighted by Crippen LogP contribution is -1.93. The van der Waals surface area contributed by atoms with Gasteiger partial charge in [0.05, 0.1) is 0 Å². The van der Waals surface area contributed by atoms with Crippen LogP contribution in [0.4, 0.5) is 0 Å². The molecule has 4 nitrogen and oxygen atoms in total. The van der Waals surface area contributed by atoms with E-state index >= 15 is 0 Å². The van der Waals surface area contributed by atoms with Crippen LogP contribution in [0.2, 0.25) is 0 Å². The molecular formula is C8H8O4S. The van der Waals surface area contributed by atoms with Crippen molar-refractivity contribution in [2.75, 3.05) is 0 Å². The van der Waals surface area contributed by atoms with Crippen molar-refractivity contribution in [2.24, 2.45) is 0 Å².